The van der Waals surface area contributed by atoms with Crippen molar-refractivity contribution in [3.63, 3.8) is 0 Å². The van der Waals surface area contributed by atoms with E-state index in [0.29, 0.717) is 11.0 Å². The summed E-state index contributed by atoms with van der Waals surface area (Å²) in [5, 5.41) is 12.5. The summed E-state index contributed by atoms with van der Waals surface area (Å²) in [6.07, 6.45) is -4.26. The number of aromatic nitrogens is 2. The Labute approximate surface area is 146 Å². The third-order valence-electron chi connectivity index (χ3n) is 3.76. The van der Waals surface area contributed by atoms with Gasteiger partial charge in [-0.05, 0) is 29.8 Å². The standard InChI is InChI=1S/C18H14F3N3O2/c19-18(20,21)12-7-5-11(6-8-12)16(25)10-23-17(26)15-9-22-13-3-1-2-4-14(13)24-15/h1-9,16,25H,10H2,(H,23,26). The lowest BCUT2D eigenvalue weighted by Crippen LogP contribution is -2.29. The van der Waals surface area contributed by atoms with Crippen LogP contribution in [-0.2, 0) is 6.18 Å². The monoisotopic (exact) mass is 361 g/mol. The zero-order valence-corrected chi connectivity index (χ0v) is 13.4. The molecule has 0 aliphatic heterocycles. The summed E-state index contributed by atoms with van der Waals surface area (Å²) < 4.78 is 37.6. The van der Waals surface area contributed by atoms with Crippen molar-refractivity contribution in [2.75, 3.05) is 6.54 Å². The van der Waals surface area contributed by atoms with Gasteiger partial charge in [-0.2, -0.15) is 13.2 Å². The molecule has 1 amide bonds. The summed E-state index contributed by atoms with van der Waals surface area (Å²) in [6, 6.07) is 11.2. The molecule has 0 saturated carbocycles. The van der Waals surface area contributed by atoms with Crippen LogP contribution in [0.1, 0.15) is 27.7 Å². The summed E-state index contributed by atoms with van der Waals surface area (Å²) in [5.74, 6) is -0.533. The molecule has 8 heteroatoms. The molecular formula is C18H14F3N3O2. The topological polar surface area (TPSA) is 75.1 Å². The molecule has 26 heavy (non-hydrogen) atoms. The number of carbonyl (C=O) groups is 1. The van der Waals surface area contributed by atoms with Gasteiger partial charge in [-0.3, -0.25) is 9.78 Å². The average Bonchev–Trinajstić information content (AvgIpc) is 2.64. The fourth-order valence-corrected chi connectivity index (χ4v) is 2.36. The molecule has 1 atom stereocenters. The van der Waals surface area contributed by atoms with Gasteiger partial charge in [0.25, 0.3) is 5.91 Å². The summed E-state index contributed by atoms with van der Waals surface area (Å²) in [7, 11) is 0. The van der Waals surface area contributed by atoms with Crippen LogP contribution in [0.2, 0.25) is 0 Å². The quantitative estimate of drug-likeness (QED) is 0.749. The van der Waals surface area contributed by atoms with Crippen LogP contribution in [0.15, 0.2) is 54.7 Å². The van der Waals surface area contributed by atoms with Crippen LogP contribution in [-0.4, -0.2) is 27.5 Å². The number of hydrogen-bond donors (Lipinski definition) is 2. The van der Waals surface area contributed by atoms with Crippen molar-refractivity contribution in [2.45, 2.75) is 12.3 Å². The molecule has 2 N–H and O–H groups in total. The van der Waals surface area contributed by atoms with Gasteiger partial charge in [-0.15, -0.1) is 0 Å². The minimum absolute atomic E-state index is 0.0864. The highest BCUT2D eigenvalue weighted by molar-refractivity contribution is 5.93. The van der Waals surface area contributed by atoms with Gasteiger partial charge in [0.1, 0.15) is 5.69 Å². The molecule has 0 radical (unpaired) electrons. The van der Waals surface area contributed by atoms with E-state index in [0.717, 1.165) is 12.1 Å². The normalized spacial score (nSPS) is 12.8. The van der Waals surface area contributed by atoms with Crippen LogP contribution in [0.25, 0.3) is 11.0 Å². The van der Waals surface area contributed by atoms with Crippen LogP contribution in [0.5, 0.6) is 0 Å². The van der Waals surface area contributed by atoms with Crippen LogP contribution in [0.4, 0.5) is 13.2 Å². The number of rotatable bonds is 4. The van der Waals surface area contributed by atoms with E-state index in [9.17, 15) is 23.1 Å². The zero-order chi connectivity index (χ0) is 18.7. The highest BCUT2D eigenvalue weighted by atomic mass is 19.4. The van der Waals surface area contributed by atoms with Gasteiger partial charge in [0.15, 0.2) is 0 Å². The Bertz CT molecular complexity index is 927. The largest absolute Gasteiger partial charge is 0.416 e. The van der Waals surface area contributed by atoms with Crippen molar-refractivity contribution in [2.24, 2.45) is 0 Å². The van der Waals surface area contributed by atoms with Crippen molar-refractivity contribution in [1.82, 2.24) is 15.3 Å². The molecule has 0 bridgehead atoms. The molecule has 0 spiro atoms. The summed E-state index contributed by atoms with van der Waals surface area (Å²) in [4.78, 5) is 20.4. The molecule has 3 aromatic rings. The Kier molecular flexibility index (Phi) is 4.85. The highest BCUT2D eigenvalue weighted by Gasteiger charge is 2.30. The summed E-state index contributed by atoms with van der Waals surface area (Å²) >= 11 is 0. The van der Waals surface area contributed by atoms with E-state index in [-0.39, 0.29) is 17.8 Å². The number of amides is 1. The Morgan fingerprint density at radius 1 is 1.08 bits per heavy atom. The van der Waals surface area contributed by atoms with Gasteiger partial charge in [0.2, 0.25) is 0 Å². The number of aliphatic hydroxyl groups excluding tert-OH is 1. The average molecular weight is 361 g/mol. The van der Waals surface area contributed by atoms with Crippen LogP contribution >= 0.6 is 0 Å². The van der Waals surface area contributed by atoms with Gasteiger partial charge < -0.3 is 10.4 Å². The van der Waals surface area contributed by atoms with E-state index in [1.807, 2.05) is 0 Å². The first-order valence-electron chi connectivity index (χ1n) is 7.70. The molecule has 0 aliphatic rings. The maximum Gasteiger partial charge on any atom is 0.416 e. The minimum Gasteiger partial charge on any atom is -0.387 e. The number of hydrogen-bond acceptors (Lipinski definition) is 4. The van der Waals surface area contributed by atoms with Crippen molar-refractivity contribution < 1.29 is 23.1 Å². The van der Waals surface area contributed by atoms with Crippen LogP contribution < -0.4 is 5.32 Å². The van der Waals surface area contributed by atoms with Gasteiger partial charge in [-0.25, -0.2) is 4.98 Å². The second-order valence-corrected chi connectivity index (χ2v) is 5.59. The molecule has 1 unspecified atom stereocenters. The van der Waals surface area contributed by atoms with Gasteiger partial charge in [-0.1, -0.05) is 24.3 Å². The third kappa shape index (κ3) is 3.97. The lowest BCUT2D eigenvalue weighted by molar-refractivity contribution is -0.137. The lowest BCUT2D eigenvalue weighted by atomic mass is 10.1. The highest BCUT2D eigenvalue weighted by Crippen LogP contribution is 2.29. The molecule has 2 aromatic carbocycles. The number of aliphatic hydroxyl groups is 1. The number of para-hydroxylation sites is 2. The molecule has 3 rings (SSSR count). The molecular weight excluding hydrogens is 347 g/mol. The number of nitrogens with zero attached hydrogens (tertiary/aromatic N) is 2. The SMILES string of the molecule is O=C(NCC(O)c1ccc(C(F)(F)F)cc1)c1cnc2ccccc2n1. The molecule has 1 heterocycles. The molecule has 0 saturated heterocycles. The van der Waals surface area contributed by atoms with Crippen LogP contribution in [0.3, 0.4) is 0 Å². The first-order chi connectivity index (χ1) is 12.3. The Balaban J connectivity index is 1.64. The number of fused-ring (bicyclic) bond motifs is 1. The predicted molar refractivity (Wildman–Crippen MR) is 88.3 cm³/mol. The van der Waals surface area contributed by atoms with Gasteiger partial charge >= 0.3 is 6.18 Å². The summed E-state index contributed by atoms with van der Waals surface area (Å²) in [6.45, 7) is -0.168. The molecule has 134 valence electrons. The van der Waals surface area contributed by atoms with E-state index in [2.05, 4.69) is 15.3 Å². The maximum atomic E-state index is 12.5. The Morgan fingerprint density at radius 3 is 2.38 bits per heavy atom. The first-order valence-corrected chi connectivity index (χ1v) is 7.70. The van der Waals surface area contributed by atoms with E-state index >= 15 is 0 Å². The van der Waals surface area contributed by atoms with E-state index in [4.69, 9.17) is 0 Å². The zero-order valence-electron chi connectivity index (χ0n) is 13.4. The predicted octanol–water partition coefficient (Wildman–Crippen LogP) is 3.11. The number of nitrogens with one attached hydrogen (secondary N) is 1. The van der Waals surface area contributed by atoms with E-state index < -0.39 is 23.8 Å². The smallest absolute Gasteiger partial charge is 0.387 e. The van der Waals surface area contributed by atoms with Crippen molar-refractivity contribution in [1.29, 1.82) is 0 Å². The van der Waals surface area contributed by atoms with Gasteiger partial charge in [0.05, 0.1) is 28.9 Å². The Hall–Kier alpha value is -3.00. The maximum absolute atomic E-state index is 12.5. The molecule has 1 aromatic heterocycles. The number of halogens is 3. The fourth-order valence-electron chi connectivity index (χ4n) is 2.36. The minimum atomic E-state index is -4.44. The van der Waals surface area contributed by atoms with Crippen molar-refractivity contribution in [3.05, 3.63) is 71.5 Å². The Morgan fingerprint density at radius 2 is 1.73 bits per heavy atom. The lowest BCUT2D eigenvalue weighted by Gasteiger charge is -2.13. The van der Waals surface area contributed by atoms with E-state index in [1.54, 1.807) is 24.3 Å². The first kappa shape index (κ1) is 17.8. The second kappa shape index (κ2) is 7.09. The van der Waals surface area contributed by atoms with Crippen molar-refractivity contribution >= 4 is 16.9 Å². The number of alkyl halides is 3. The third-order valence-corrected chi connectivity index (χ3v) is 3.76. The van der Waals surface area contributed by atoms with Crippen LogP contribution in [0, 0.1) is 0 Å². The molecule has 0 aliphatic carbocycles. The van der Waals surface area contributed by atoms with Crippen molar-refractivity contribution in [3.8, 4) is 0 Å². The number of benzene rings is 2. The number of carbonyl (C=O) groups excluding carboxylic acids is 1. The fraction of sp³-hybridized carbons (Fsp3) is 0.167. The second-order valence-electron chi connectivity index (χ2n) is 5.59. The van der Waals surface area contributed by atoms with Gasteiger partial charge in [0, 0.05) is 6.54 Å². The van der Waals surface area contributed by atoms with E-state index in [1.165, 1.54) is 18.3 Å². The molecule has 5 nitrogen and oxygen atoms in total. The molecule has 0 fully saturated rings. The summed E-state index contributed by atoms with van der Waals surface area (Å²) in [5.41, 5.74) is 0.757.